The van der Waals surface area contributed by atoms with Crippen LogP contribution < -0.4 is 5.73 Å². The first-order chi connectivity index (χ1) is 4.77. The average molecular weight is 209 g/mol. The Kier molecular flexibility index (Phi) is 12.5. The van der Waals surface area contributed by atoms with Crippen LogP contribution in [-0.2, 0) is 24.3 Å². The van der Waals surface area contributed by atoms with Crippen LogP contribution in [0.2, 0.25) is 0 Å². The first-order valence-electron chi connectivity index (χ1n) is 4.05. The molecular formula is C8H17NOZn. The number of primary amides is 1. The van der Waals surface area contributed by atoms with E-state index in [1.807, 2.05) is 0 Å². The minimum atomic E-state index is -0.170. The third kappa shape index (κ3) is 13.1. The Bertz CT molecular complexity index is 96.1. The summed E-state index contributed by atoms with van der Waals surface area (Å²) >= 11 is 0. The molecular weight excluding hydrogens is 191 g/mol. The molecule has 3 heteroatoms. The fraction of sp³-hybridized carbons (Fsp3) is 0.875. The molecule has 0 aliphatic rings. The second-order valence-electron chi connectivity index (χ2n) is 2.63. The molecule has 0 aromatic rings. The van der Waals surface area contributed by atoms with Crippen molar-refractivity contribution in [3.63, 3.8) is 0 Å². The van der Waals surface area contributed by atoms with Gasteiger partial charge in [-0.3, -0.25) is 4.79 Å². The van der Waals surface area contributed by atoms with Gasteiger partial charge in [0.05, 0.1) is 0 Å². The predicted octanol–water partition coefficient (Wildman–Crippen LogP) is 1.83. The molecule has 0 saturated heterocycles. The molecule has 0 fully saturated rings. The van der Waals surface area contributed by atoms with E-state index in [1.54, 1.807) is 0 Å². The molecule has 0 heterocycles. The van der Waals surface area contributed by atoms with Crippen molar-refractivity contribution < 1.29 is 24.3 Å². The minimum Gasteiger partial charge on any atom is -0.370 e. The van der Waals surface area contributed by atoms with Crippen molar-refractivity contribution in [2.24, 2.45) is 5.73 Å². The van der Waals surface area contributed by atoms with E-state index in [0.717, 1.165) is 12.8 Å². The third-order valence-corrected chi connectivity index (χ3v) is 1.53. The van der Waals surface area contributed by atoms with Crippen LogP contribution in [-0.4, -0.2) is 5.91 Å². The number of carbonyl (C=O) groups is 1. The summed E-state index contributed by atoms with van der Waals surface area (Å²) in [4.78, 5) is 10.3. The Morgan fingerprint density at radius 1 is 1.18 bits per heavy atom. The topological polar surface area (TPSA) is 43.1 Å². The second-order valence-corrected chi connectivity index (χ2v) is 2.63. The van der Waals surface area contributed by atoms with E-state index in [2.05, 4.69) is 6.92 Å². The molecule has 0 saturated carbocycles. The number of nitrogens with two attached hydrogens (primary N) is 1. The van der Waals surface area contributed by atoms with E-state index in [-0.39, 0.29) is 25.4 Å². The maximum Gasteiger partial charge on any atom is 0.217 e. The fourth-order valence-electron chi connectivity index (χ4n) is 0.903. The molecule has 0 aromatic carbocycles. The average Bonchev–Trinajstić information content (AvgIpc) is 1.87. The molecule has 0 rings (SSSR count). The molecule has 0 radical (unpaired) electrons. The Morgan fingerprint density at radius 3 is 2.18 bits per heavy atom. The van der Waals surface area contributed by atoms with Gasteiger partial charge in [0.2, 0.25) is 5.91 Å². The summed E-state index contributed by atoms with van der Waals surface area (Å²) in [6.07, 6.45) is 6.44. The van der Waals surface area contributed by atoms with Gasteiger partial charge in [-0.15, -0.1) is 0 Å². The SMILES string of the molecule is CCCCCCCC(N)=O.[Zn]. The maximum absolute atomic E-state index is 10.3. The van der Waals surface area contributed by atoms with Crippen molar-refractivity contribution in [3.8, 4) is 0 Å². The van der Waals surface area contributed by atoms with E-state index < -0.39 is 0 Å². The van der Waals surface area contributed by atoms with Crippen molar-refractivity contribution >= 4 is 5.91 Å². The van der Waals surface area contributed by atoms with Gasteiger partial charge in [-0.2, -0.15) is 0 Å². The first kappa shape index (κ1) is 13.7. The molecule has 0 unspecified atom stereocenters. The zero-order valence-corrected chi connectivity index (χ0v) is 10.4. The van der Waals surface area contributed by atoms with Crippen LogP contribution >= 0.6 is 0 Å². The summed E-state index contributed by atoms with van der Waals surface area (Å²) in [6, 6.07) is 0. The van der Waals surface area contributed by atoms with Crippen molar-refractivity contribution in [1.82, 2.24) is 0 Å². The smallest absolute Gasteiger partial charge is 0.217 e. The van der Waals surface area contributed by atoms with Crippen LogP contribution in [0, 0.1) is 0 Å². The van der Waals surface area contributed by atoms with Gasteiger partial charge in [0.15, 0.2) is 0 Å². The van der Waals surface area contributed by atoms with Crippen molar-refractivity contribution in [3.05, 3.63) is 0 Å². The molecule has 0 aliphatic carbocycles. The van der Waals surface area contributed by atoms with E-state index in [1.165, 1.54) is 19.3 Å². The number of rotatable bonds is 6. The van der Waals surface area contributed by atoms with Gasteiger partial charge >= 0.3 is 0 Å². The van der Waals surface area contributed by atoms with Crippen LogP contribution in [0.15, 0.2) is 0 Å². The monoisotopic (exact) mass is 207 g/mol. The van der Waals surface area contributed by atoms with E-state index in [0.29, 0.717) is 6.42 Å². The summed E-state index contributed by atoms with van der Waals surface area (Å²) < 4.78 is 0. The second kappa shape index (κ2) is 10.1. The number of unbranched alkanes of at least 4 members (excludes halogenated alkanes) is 4. The molecule has 1 amide bonds. The number of carbonyl (C=O) groups excluding carboxylic acids is 1. The van der Waals surface area contributed by atoms with E-state index in [4.69, 9.17) is 5.73 Å². The van der Waals surface area contributed by atoms with Crippen LogP contribution in [0.4, 0.5) is 0 Å². The van der Waals surface area contributed by atoms with Crippen molar-refractivity contribution in [1.29, 1.82) is 0 Å². The zero-order valence-electron chi connectivity index (χ0n) is 7.44. The normalized spacial score (nSPS) is 8.82. The summed E-state index contributed by atoms with van der Waals surface area (Å²) in [5, 5.41) is 0. The van der Waals surface area contributed by atoms with Crippen LogP contribution in [0.1, 0.15) is 45.4 Å². The van der Waals surface area contributed by atoms with Gasteiger partial charge < -0.3 is 5.73 Å². The number of hydrogen-bond donors (Lipinski definition) is 1. The Morgan fingerprint density at radius 2 is 1.73 bits per heavy atom. The minimum absolute atomic E-state index is 0. The summed E-state index contributed by atoms with van der Waals surface area (Å²) in [7, 11) is 0. The van der Waals surface area contributed by atoms with Gasteiger partial charge in [-0.25, -0.2) is 0 Å². The molecule has 2 N–H and O–H groups in total. The largest absolute Gasteiger partial charge is 0.370 e. The molecule has 2 nitrogen and oxygen atoms in total. The van der Waals surface area contributed by atoms with Crippen LogP contribution in [0.25, 0.3) is 0 Å². The zero-order chi connectivity index (χ0) is 7.82. The van der Waals surface area contributed by atoms with Gasteiger partial charge in [0, 0.05) is 25.9 Å². The van der Waals surface area contributed by atoms with E-state index >= 15 is 0 Å². The fourth-order valence-corrected chi connectivity index (χ4v) is 0.903. The number of amides is 1. The standard InChI is InChI=1S/C8H17NO.Zn/c1-2-3-4-5-6-7-8(9)10;/h2-7H2,1H3,(H2,9,10);. The Hall–Kier alpha value is 0.0934. The third-order valence-electron chi connectivity index (χ3n) is 1.53. The quantitative estimate of drug-likeness (QED) is 0.525. The van der Waals surface area contributed by atoms with Crippen LogP contribution in [0.5, 0.6) is 0 Å². The molecule has 0 spiro atoms. The predicted molar refractivity (Wildman–Crippen MR) is 42.6 cm³/mol. The molecule has 0 bridgehead atoms. The van der Waals surface area contributed by atoms with Gasteiger partial charge in [0.1, 0.15) is 0 Å². The Labute approximate surface area is 81.7 Å². The maximum atomic E-state index is 10.3. The molecule has 11 heavy (non-hydrogen) atoms. The van der Waals surface area contributed by atoms with Gasteiger partial charge in [-0.05, 0) is 6.42 Å². The van der Waals surface area contributed by atoms with E-state index in [9.17, 15) is 4.79 Å². The molecule has 62 valence electrons. The van der Waals surface area contributed by atoms with Crippen molar-refractivity contribution in [2.45, 2.75) is 45.4 Å². The Balaban J connectivity index is 0. The molecule has 0 aliphatic heterocycles. The van der Waals surface area contributed by atoms with Gasteiger partial charge in [0.25, 0.3) is 0 Å². The summed E-state index contributed by atoms with van der Waals surface area (Å²) in [5.41, 5.74) is 4.97. The summed E-state index contributed by atoms with van der Waals surface area (Å²) in [6.45, 7) is 2.17. The van der Waals surface area contributed by atoms with Crippen molar-refractivity contribution in [2.75, 3.05) is 0 Å². The van der Waals surface area contributed by atoms with Crippen LogP contribution in [0.3, 0.4) is 0 Å². The number of hydrogen-bond acceptors (Lipinski definition) is 1. The molecule has 0 aromatic heterocycles. The summed E-state index contributed by atoms with van der Waals surface area (Å²) in [5.74, 6) is -0.170. The first-order valence-corrected chi connectivity index (χ1v) is 4.05. The van der Waals surface area contributed by atoms with Gasteiger partial charge in [-0.1, -0.05) is 32.6 Å². The molecule has 0 atom stereocenters.